The van der Waals surface area contributed by atoms with Gasteiger partial charge in [0.15, 0.2) is 0 Å². The van der Waals surface area contributed by atoms with Crippen LogP contribution in [0.25, 0.3) is 0 Å². The predicted molar refractivity (Wildman–Crippen MR) is 82.1 cm³/mol. The molecule has 1 amide bonds. The fourth-order valence-electron chi connectivity index (χ4n) is 4.08. The normalized spacial score (nSPS) is 28.6. The standard InChI is InChI=1S/C18H21NO3/c1-11-17(2,3)13-8-9-18(11,10-13)16(22)19-14-6-4-12(5-7-14)15(20)21/h4-7,13H,1,8-10H2,2-3H3,(H,19,22)(H,20,21)/p-1/t13-,18-/m1/s1. The summed E-state index contributed by atoms with van der Waals surface area (Å²) in [7, 11) is 0. The summed E-state index contributed by atoms with van der Waals surface area (Å²) in [4.78, 5) is 23.6. The third kappa shape index (κ3) is 1.97. The van der Waals surface area contributed by atoms with Crippen molar-refractivity contribution < 1.29 is 14.7 Å². The Kier molecular flexibility index (Phi) is 3.17. The molecule has 2 aliphatic rings. The molecule has 0 saturated heterocycles. The van der Waals surface area contributed by atoms with Gasteiger partial charge in [0.2, 0.25) is 5.91 Å². The number of carbonyl (C=O) groups excluding carboxylic acids is 2. The van der Waals surface area contributed by atoms with Crippen LogP contribution in [0.15, 0.2) is 36.4 Å². The summed E-state index contributed by atoms with van der Waals surface area (Å²) >= 11 is 0. The summed E-state index contributed by atoms with van der Waals surface area (Å²) in [5.41, 5.74) is 1.27. The van der Waals surface area contributed by atoms with Gasteiger partial charge in [-0.25, -0.2) is 0 Å². The largest absolute Gasteiger partial charge is 0.545 e. The number of rotatable bonds is 3. The van der Waals surface area contributed by atoms with Gasteiger partial charge in [0.05, 0.1) is 11.4 Å². The molecular formula is C18H20NO3-. The number of anilines is 1. The lowest BCUT2D eigenvalue weighted by molar-refractivity contribution is -0.255. The Labute approximate surface area is 130 Å². The van der Waals surface area contributed by atoms with Gasteiger partial charge >= 0.3 is 0 Å². The van der Waals surface area contributed by atoms with E-state index in [1.807, 2.05) is 0 Å². The lowest BCUT2D eigenvalue weighted by Crippen LogP contribution is -2.37. The Morgan fingerprint density at radius 3 is 2.41 bits per heavy atom. The van der Waals surface area contributed by atoms with Crippen molar-refractivity contribution in [1.82, 2.24) is 0 Å². The van der Waals surface area contributed by atoms with Gasteiger partial charge in [-0.3, -0.25) is 4.79 Å². The van der Waals surface area contributed by atoms with Crippen LogP contribution in [0.5, 0.6) is 0 Å². The van der Waals surface area contributed by atoms with Crippen LogP contribution in [0.3, 0.4) is 0 Å². The number of aromatic carboxylic acids is 1. The predicted octanol–water partition coefficient (Wildman–Crippen LogP) is 2.37. The minimum Gasteiger partial charge on any atom is -0.545 e. The van der Waals surface area contributed by atoms with Crippen LogP contribution in [-0.2, 0) is 4.79 Å². The van der Waals surface area contributed by atoms with E-state index in [1.54, 1.807) is 12.1 Å². The summed E-state index contributed by atoms with van der Waals surface area (Å²) in [5.74, 6) is -0.723. The summed E-state index contributed by atoms with van der Waals surface area (Å²) in [6.45, 7) is 8.55. The molecule has 2 bridgehead atoms. The first kappa shape index (κ1) is 14.8. The lowest BCUT2D eigenvalue weighted by Gasteiger charge is -2.37. The Balaban J connectivity index is 1.80. The maximum absolute atomic E-state index is 12.8. The SMILES string of the molecule is C=C1C(C)(C)[C@@H]2CC[C@@]1(C(=O)Nc1ccc(C(=O)[O-])cc1)C2. The molecule has 0 heterocycles. The van der Waals surface area contributed by atoms with Gasteiger partial charge < -0.3 is 15.2 Å². The first-order valence-electron chi connectivity index (χ1n) is 7.60. The number of carbonyl (C=O) groups is 2. The zero-order valence-electron chi connectivity index (χ0n) is 12.9. The van der Waals surface area contributed by atoms with Gasteiger partial charge in [-0.05, 0) is 48.3 Å². The van der Waals surface area contributed by atoms with E-state index in [0.29, 0.717) is 11.6 Å². The van der Waals surface area contributed by atoms with Gasteiger partial charge in [0.25, 0.3) is 0 Å². The van der Waals surface area contributed by atoms with E-state index in [2.05, 4.69) is 25.7 Å². The second-order valence-corrected chi connectivity index (χ2v) is 7.04. The first-order chi connectivity index (χ1) is 10.3. The molecule has 4 nitrogen and oxygen atoms in total. The average Bonchev–Trinajstić information content (AvgIpc) is 3.00. The fourth-order valence-corrected chi connectivity index (χ4v) is 4.08. The highest BCUT2D eigenvalue weighted by atomic mass is 16.4. The van der Waals surface area contributed by atoms with Gasteiger partial charge in [0, 0.05) is 5.69 Å². The van der Waals surface area contributed by atoms with Gasteiger partial charge in [-0.15, -0.1) is 0 Å². The van der Waals surface area contributed by atoms with E-state index < -0.39 is 11.4 Å². The molecule has 0 aliphatic heterocycles. The highest BCUT2D eigenvalue weighted by molar-refractivity contribution is 5.99. The molecule has 22 heavy (non-hydrogen) atoms. The molecule has 1 N–H and O–H groups in total. The first-order valence-corrected chi connectivity index (χ1v) is 7.60. The van der Waals surface area contributed by atoms with Crippen molar-refractivity contribution in [2.24, 2.45) is 16.7 Å². The van der Waals surface area contributed by atoms with Crippen LogP contribution < -0.4 is 10.4 Å². The summed E-state index contributed by atoms with van der Waals surface area (Å²) in [5, 5.41) is 13.7. The lowest BCUT2D eigenvalue weighted by atomic mass is 9.68. The Hall–Kier alpha value is -2.10. The topological polar surface area (TPSA) is 69.2 Å². The van der Waals surface area contributed by atoms with E-state index in [0.717, 1.165) is 24.8 Å². The van der Waals surface area contributed by atoms with Crippen molar-refractivity contribution in [1.29, 1.82) is 0 Å². The summed E-state index contributed by atoms with van der Waals surface area (Å²) in [6, 6.07) is 6.06. The third-order valence-electron chi connectivity index (χ3n) is 5.70. The second kappa shape index (κ2) is 4.70. The number of fused-ring (bicyclic) bond motifs is 2. The molecular weight excluding hydrogens is 278 g/mol. The fraction of sp³-hybridized carbons (Fsp3) is 0.444. The number of nitrogens with one attached hydrogen (secondary N) is 1. The van der Waals surface area contributed by atoms with Crippen LogP contribution >= 0.6 is 0 Å². The molecule has 2 atom stereocenters. The van der Waals surface area contributed by atoms with Crippen LogP contribution in [0.1, 0.15) is 43.5 Å². The van der Waals surface area contributed by atoms with E-state index in [4.69, 9.17) is 0 Å². The van der Waals surface area contributed by atoms with Crippen molar-refractivity contribution in [3.8, 4) is 0 Å². The number of hydrogen-bond acceptors (Lipinski definition) is 3. The Morgan fingerprint density at radius 2 is 1.91 bits per heavy atom. The average molecular weight is 298 g/mol. The van der Waals surface area contributed by atoms with E-state index in [1.165, 1.54) is 12.1 Å². The molecule has 0 radical (unpaired) electrons. The van der Waals surface area contributed by atoms with Crippen LogP contribution in [0.2, 0.25) is 0 Å². The molecule has 4 heteroatoms. The van der Waals surface area contributed by atoms with Crippen molar-refractivity contribution in [2.75, 3.05) is 5.32 Å². The Bertz CT molecular complexity index is 659. The van der Waals surface area contributed by atoms with Crippen molar-refractivity contribution in [3.63, 3.8) is 0 Å². The molecule has 1 aromatic rings. The van der Waals surface area contributed by atoms with Crippen molar-refractivity contribution in [2.45, 2.75) is 33.1 Å². The quantitative estimate of drug-likeness (QED) is 0.871. The number of benzene rings is 1. The highest BCUT2D eigenvalue weighted by Crippen LogP contribution is 2.65. The zero-order chi connectivity index (χ0) is 16.1. The maximum Gasteiger partial charge on any atom is 0.234 e. The number of hydrogen-bond donors (Lipinski definition) is 1. The van der Waals surface area contributed by atoms with E-state index in [-0.39, 0.29) is 16.9 Å². The maximum atomic E-state index is 12.8. The van der Waals surface area contributed by atoms with E-state index in [9.17, 15) is 14.7 Å². The van der Waals surface area contributed by atoms with Crippen LogP contribution in [0.4, 0.5) is 5.69 Å². The monoisotopic (exact) mass is 298 g/mol. The molecule has 0 aromatic heterocycles. The zero-order valence-corrected chi connectivity index (χ0v) is 12.9. The summed E-state index contributed by atoms with van der Waals surface area (Å²) in [6.07, 6.45) is 2.77. The molecule has 116 valence electrons. The second-order valence-electron chi connectivity index (χ2n) is 7.04. The highest BCUT2D eigenvalue weighted by Gasteiger charge is 2.60. The smallest absolute Gasteiger partial charge is 0.234 e. The molecule has 2 saturated carbocycles. The number of carboxylic acid groups (broad SMARTS) is 1. The molecule has 2 aliphatic carbocycles. The van der Waals surface area contributed by atoms with Gasteiger partial charge in [-0.2, -0.15) is 0 Å². The molecule has 0 unspecified atom stereocenters. The molecule has 0 spiro atoms. The third-order valence-corrected chi connectivity index (χ3v) is 5.70. The van der Waals surface area contributed by atoms with Gasteiger partial charge in [0.1, 0.15) is 0 Å². The van der Waals surface area contributed by atoms with Gasteiger partial charge in [-0.1, -0.05) is 38.1 Å². The van der Waals surface area contributed by atoms with Crippen molar-refractivity contribution in [3.05, 3.63) is 42.0 Å². The van der Waals surface area contributed by atoms with Crippen molar-refractivity contribution >= 4 is 17.6 Å². The minimum absolute atomic E-state index is 0.00836. The molecule has 2 fully saturated rings. The molecule has 1 aromatic carbocycles. The summed E-state index contributed by atoms with van der Waals surface area (Å²) < 4.78 is 0. The van der Waals surface area contributed by atoms with E-state index >= 15 is 0 Å². The Morgan fingerprint density at radius 1 is 1.27 bits per heavy atom. The van der Waals surface area contributed by atoms with Crippen LogP contribution in [0, 0.1) is 16.7 Å². The number of carboxylic acids is 1. The van der Waals surface area contributed by atoms with Crippen LogP contribution in [-0.4, -0.2) is 11.9 Å². The number of amides is 1. The minimum atomic E-state index is -1.22. The molecule has 3 rings (SSSR count).